The second kappa shape index (κ2) is 9.32. The molecule has 0 saturated heterocycles. The van der Waals surface area contributed by atoms with E-state index in [1.807, 2.05) is 48.5 Å². The third-order valence-electron chi connectivity index (χ3n) is 3.99. The second-order valence-electron chi connectivity index (χ2n) is 5.91. The maximum absolute atomic E-state index is 12.7. The Kier molecular flexibility index (Phi) is 6.59. The second-order valence-corrected chi connectivity index (χ2v) is 6.95. The molecule has 6 nitrogen and oxygen atoms in total. The first-order chi connectivity index (χ1) is 13.2. The molecule has 0 unspecified atom stereocenters. The number of hydrogen-bond acceptors (Lipinski definition) is 6. The van der Waals surface area contributed by atoms with Gasteiger partial charge in [-0.15, -0.1) is 11.8 Å². The van der Waals surface area contributed by atoms with E-state index in [2.05, 4.69) is 0 Å². The number of carbonyl (C=O) groups is 2. The van der Waals surface area contributed by atoms with Gasteiger partial charge < -0.3 is 19.1 Å². The van der Waals surface area contributed by atoms with Crippen LogP contribution in [0.2, 0.25) is 0 Å². The maximum Gasteiger partial charge on any atom is 0.325 e. The average molecular weight is 387 g/mol. The monoisotopic (exact) mass is 387 g/mol. The zero-order chi connectivity index (χ0) is 19.1. The van der Waals surface area contributed by atoms with Gasteiger partial charge in [-0.3, -0.25) is 9.59 Å². The minimum Gasteiger partial charge on any atom is -0.486 e. The molecule has 3 rings (SSSR count). The molecule has 2 aromatic carbocycles. The summed E-state index contributed by atoms with van der Waals surface area (Å²) in [6, 6.07) is 15.2. The van der Waals surface area contributed by atoms with Gasteiger partial charge in [0.2, 0.25) is 5.91 Å². The summed E-state index contributed by atoms with van der Waals surface area (Å²) in [7, 11) is 1.32. The van der Waals surface area contributed by atoms with E-state index in [-0.39, 0.29) is 18.2 Å². The Bertz CT molecular complexity index is 796. The van der Waals surface area contributed by atoms with Crippen LogP contribution in [0.4, 0.5) is 0 Å². The number of hydrogen-bond donors (Lipinski definition) is 0. The van der Waals surface area contributed by atoms with Crippen molar-refractivity contribution in [3.63, 3.8) is 0 Å². The van der Waals surface area contributed by atoms with Gasteiger partial charge >= 0.3 is 5.97 Å². The number of rotatable bonds is 7. The lowest BCUT2D eigenvalue weighted by Crippen LogP contribution is -2.36. The van der Waals surface area contributed by atoms with Crippen LogP contribution in [-0.4, -0.2) is 49.4 Å². The molecule has 1 aliphatic rings. The van der Waals surface area contributed by atoms with E-state index < -0.39 is 5.97 Å². The molecule has 142 valence electrons. The SMILES string of the molecule is COC(=O)CN(Cc1ccccc1)C(=O)CSc1ccc2c(c1)OCCO2. The summed E-state index contributed by atoms with van der Waals surface area (Å²) < 4.78 is 15.8. The lowest BCUT2D eigenvalue weighted by atomic mass is 10.2. The van der Waals surface area contributed by atoms with Gasteiger partial charge in [0.25, 0.3) is 0 Å². The summed E-state index contributed by atoms with van der Waals surface area (Å²) in [4.78, 5) is 26.8. The van der Waals surface area contributed by atoms with E-state index in [0.717, 1.165) is 10.5 Å². The van der Waals surface area contributed by atoms with Crippen molar-refractivity contribution in [1.82, 2.24) is 4.90 Å². The summed E-state index contributed by atoms with van der Waals surface area (Å²) in [5.74, 6) is 1.04. The molecule has 1 amide bonds. The topological polar surface area (TPSA) is 65.1 Å². The first-order valence-corrected chi connectivity index (χ1v) is 9.55. The molecule has 0 aromatic heterocycles. The highest BCUT2D eigenvalue weighted by molar-refractivity contribution is 8.00. The van der Waals surface area contributed by atoms with Crippen molar-refractivity contribution in [2.45, 2.75) is 11.4 Å². The Hall–Kier alpha value is -2.67. The van der Waals surface area contributed by atoms with Crippen molar-refractivity contribution in [3.8, 4) is 11.5 Å². The van der Waals surface area contributed by atoms with Crippen LogP contribution in [0.5, 0.6) is 11.5 Å². The number of ether oxygens (including phenoxy) is 3. The van der Waals surface area contributed by atoms with Gasteiger partial charge in [0.15, 0.2) is 11.5 Å². The van der Waals surface area contributed by atoms with Crippen LogP contribution in [-0.2, 0) is 20.9 Å². The van der Waals surface area contributed by atoms with Crippen molar-refractivity contribution >= 4 is 23.6 Å². The fourth-order valence-corrected chi connectivity index (χ4v) is 3.43. The number of methoxy groups -OCH3 is 1. The summed E-state index contributed by atoms with van der Waals surface area (Å²) in [6.07, 6.45) is 0. The molecule has 2 aromatic rings. The smallest absolute Gasteiger partial charge is 0.325 e. The maximum atomic E-state index is 12.7. The normalized spacial score (nSPS) is 12.3. The van der Waals surface area contributed by atoms with E-state index in [1.165, 1.54) is 23.8 Å². The molecule has 27 heavy (non-hydrogen) atoms. The molecule has 0 N–H and O–H groups in total. The number of esters is 1. The van der Waals surface area contributed by atoms with Gasteiger partial charge in [0, 0.05) is 11.4 Å². The fourth-order valence-electron chi connectivity index (χ4n) is 2.61. The number of fused-ring (bicyclic) bond motifs is 1. The number of nitrogens with zero attached hydrogens (tertiary/aromatic N) is 1. The van der Waals surface area contributed by atoms with Crippen LogP contribution in [0.15, 0.2) is 53.4 Å². The molecule has 7 heteroatoms. The summed E-state index contributed by atoms with van der Waals surface area (Å²) in [5.41, 5.74) is 0.957. The van der Waals surface area contributed by atoms with Crippen molar-refractivity contribution in [2.75, 3.05) is 32.6 Å². The minimum absolute atomic E-state index is 0.0775. The molecule has 0 saturated carbocycles. The standard InChI is InChI=1S/C20H21NO5S/c1-24-20(23)13-21(12-15-5-3-2-4-6-15)19(22)14-27-16-7-8-17-18(11-16)26-10-9-25-17/h2-8,11H,9-10,12-14H2,1H3. The van der Waals surface area contributed by atoms with Crippen molar-refractivity contribution in [1.29, 1.82) is 0 Å². The van der Waals surface area contributed by atoms with Gasteiger partial charge in [0.1, 0.15) is 19.8 Å². The first-order valence-electron chi connectivity index (χ1n) is 8.56. The average Bonchev–Trinajstić information content (AvgIpc) is 2.72. The van der Waals surface area contributed by atoms with Gasteiger partial charge in [-0.25, -0.2) is 0 Å². The van der Waals surface area contributed by atoms with Crippen LogP contribution in [0, 0.1) is 0 Å². The van der Waals surface area contributed by atoms with Crippen molar-refractivity contribution in [3.05, 3.63) is 54.1 Å². The highest BCUT2D eigenvalue weighted by Crippen LogP contribution is 2.34. The van der Waals surface area contributed by atoms with Crippen LogP contribution < -0.4 is 9.47 Å². The van der Waals surface area contributed by atoms with Crippen molar-refractivity contribution < 1.29 is 23.8 Å². The molecule has 1 heterocycles. The summed E-state index contributed by atoms with van der Waals surface area (Å²) in [5, 5.41) is 0. The van der Waals surface area contributed by atoms with Crippen LogP contribution in [0.3, 0.4) is 0 Å². The fraction of sp³-hybridized carbons (Fsp3) is 0.300. The number of carbonyl (C=O) groups excluding carboxylic acids is 2. The Morgan fingerprint density at radius 1 is 1.07 bits per heavy atom. The van der Waals surface area contributed by atoms with Gasteiger partial charge in [-0.1, -0.05) is 30.3 Å². The Morgan fingerprint density at radius 2 is 1.81 bits per heavy atom. The lowest BCUT2D eigenvalue weighted by Gasteiger charge is -2.22. The zero-order valence-electron chi connectivity index (χ0n) is 15.1. The van der Waals surface area contributed by atoms with E-state index in [9.17, 15) is 9.59 Å². The Balaban J connectivity index is 1.63. The Labute approximate surface area is 162 Å². The minimum atomic E-state index is -0.441. The molecule has 0 spiro atoms. The Morgan fingerprint density at radius 3 is 2.56 bits per heavy atom. The molecule has 0 fully saturated rings. The molecule has 0 radical (unpaired) electrons. The van der Waals surface area contributed by atoms with Gasteiger partial charge in [-0.05, 0) is 23.8 Å². The molecule has 0 atom stereocenters. The quantitative estimate of drug-likeness (QED) is 0.538. The van der Waals surface area contributed by atoms with E-state index in [1.54, 1.807) is 0 Å². The molecule has 0 bridgehead atoms. The van der Waals surface area contributed by atoms with Gasteiger partial charge in [0.05, 0.1) is 12.9 Å². The van der Waals surface area contributed by atoms with Crippen LogP contribution in [0.1, 0.15) is 5.56 Å². The predicted molar refractivity (Wildman–Crippen MR) is 102 cm³/mol. The molecular weight excluding hydrogens is 366 g/mol. The van der Waals surface area contributed by atoms with Crippen LogP contribution >= 0.6 is 11.8 Å². The molecule has 0 aliphatic carbocycles. The van der Waals surface area contributed by atoms with E-state index in [4.69, 9.17) is 14.2 Å². The number of benzene rings is 2. The summed E-state index contributed by atoms with van der Waals surface area (Å²) >= 11 is 1.40. The third-order valence-corrected chi connectivity index (χ3v) is 4.97. The number of thioether (sulfide) groups is 1. The lowest BCUT2D eigenvalue weighted by molar-refractivity contribution is -0.146. The molecular formula is C20H21NO5S. The highest BCUT2D eigenvalue weighted by atomic mass is 32.2. The van der Waals surface area contributed by atoms with Crippen LogP contribution in [0.25, 0.3) is 0 Å². The van der Waals surface area contributed by atoms with E-state index in [0.29, 0.717) is 31.3 Å². The van der Waals surface area contributed by atoms with Gasteiger partial charge in [-0.2, -0.15) is 0 Å². The van der Waals surface area contributed by atoms with Crippen molar-refractivity contribution in [2.24, 2.45) is 0 Å². The predicted octanol–water partition coefficient (Wildman–Crippen LogP) is 2.75. The third kappa shape index (κ3) is 5.40. The largest absolute Gasteiger partial charge is 0.486 e. The highest BCUT2D eigenvalue weighted by Gasteiger charge is 2.19. The van der Waals surface area contributed by atoms with E-state index >= 15 is 0 Å². The molecule has 1 aliphatic heterocycles. The first kappa shape index (κ1) is 19.1. The summed E-state index contributed by atoms with van der Waals surface area (Å²) in [6.45, 7) is 1.34. The number of amides is 1. The zero-order valence-corrected chi connectivity index (χ0v) is 15.9.